The Balaban J connectivity index is 0.000000212. The Labute approximate surface area is 514 Å². The molecule has 4 saturated heterocycles. The summed E-state index contributed by atoms with van der Waals surface area (Å²) in [7, 11) is 0. The number of aromatic nitrogens is 2. The lowest BCUT2D eigenvalue weighted by molar-refractivity contribution is -0.386. The standard InChI is InChI=1S/C34H44N4O4.C26H34N2O4.C8H12N2O.ClH/c1-5-38(29-10-14-41-15-11-29)32-20-28(27-8-6-26(7-9-27)22-37-12-16-42-17-13-37)19-30(25(32)4)33(39)35-21-31-23(2)18-24(3)36-34(31)40;1-3-28(23-8-12-31-13-9-23)25-17-22(16-24(19(25)2)26(29)30)21-6-4-20(5-7-21)18-27-10-14-32-15-11-27;1-5-3-6(2)10-8(11)7(5)4-9;/h6-9,18-20,29H,5,10-17,21-22H2,1-4H3,(H,35,39)(H,36,40);4-7,16-17,23H,3,8-15,18H2,1-2H3,(H,29,30);3H,4,9H2,1-2H3,(H,10,11);1H. The van der Waals surface area contributed by atoms with Crippen LogP contribution in [0.1, 0.15) is 116 Å². The average molecular weight is 1200 g/mol. The SMILES string of the molecule is CCN(c1cc(-c2ccc(CN3CCOCC3)cc2)cc(C(=O)NCc2c(C)cc(C)[nH]c2=O)c1C)C1CCOCC1.CCN(c1cc(-c2ccc(CN3CCOCC3)cc2)cc(C(=O)O)c1C)C1CCOCC1.Cc1cc(C)c(C[NH3+])c(=O)[nH]1.[Cl-]. The molecule has 4 aliphatic rings. The molecule has 4 fully saturated rings. The van der Waals surface area contributed by atoms with Gasteiger partial charge in [-0.1, -0.05) is 48.5 Å². The first-order valence-electron chi connectivity index (χ1n) is 30.5. The molecule has 0 atom stereocenters. The van der Waals surface area contributed by atoms with Crippen molar-refractivity contribution < 1.29 is 51.8 Å². The molecule has 2 aromatic heterocycles. The second kappa shape index (κ2) is 32.4. The van der Waals surface area contributed by atoms with E-state index in [0.717, 1.165) is 204 Å². The summed E-state index contributed by atoms with van der Waals surface area (Å²) in [6.45, 7) is 30.1. The minimum atomic E-state index is -0.877. The van der Waals surface area contributed by atoms with Crippen LogP contribution in [0.3, 0.4) is 0 Å². The second-order valence-corrected chi connectivity index (χ2v) is 22.9. The molecule has 0 saturated carbocycles. The number of anilines is 2. The summed E-state index contributed by atoms with van der Waals surface area (Å²) in [4.78, 5) is 64.8. The number of halogens is 1. The van der Waals surface area contributed by atoms with Crippen LogP contribution in [0.15, 0.2) is 94.5 Å². The lowest BCUT2D eigenvalue weighted by Crippen LogP contribution is -3.00. The number of nitrogens with zero attached hydrogens (tertiary/aromatic N) is 4. The van der Waals surface area contributed by atoms with Crippen LogP contribution in [0, 0.1) is 41.5 Å². The first-order valence-corrected chi connectivity index (χ1v) is 30.5. The predicted molar refractivity (Wildman–Crippen MR) is 337 cm³/mol. The maximum Gasteiger partial charge on any atom is 0.336 e. The lowest BCUT2D eigenvalue weighted by atomic mass is 9.94. The quantitative estimate of drug-likeness (QED) is 0.0747. The third-order valence-corrected chi connectivity index (χ3v) is 17.1. The number of nitrogens with one attached hydrogen (secondary N) is 3. The molecule has 86 heavy (non-hydrogen) atoms. The first-order chi connectivity index (χ1) is 41.0. The minimum Gasteiger partial charge on any atom is -1.00 e. The largest absolute Gasteiger partial charge is 1.00 e. The fraction of sp³-hybridized carbons (Fsp3) is 0.471. The molecule has 6 heterocycles. The third kappa shape index (κ3) is 17.5. The summed E-state index contributed by atoms with van der Waals surface area (Å²) < 4.78 is 22.1. The summed E-state index contributed by atoms with van der Waals surface area (Å²) in [6.07, 6.45) is 3.86. The van der Waals surface area contributed by atoms with Gasteiger partial charge in [0.1, 0.15) is 6.54 Å². The molecule has 0 bridgehead atoms. The lowest BCUT2D eigenvalue weighted by Gasteiger charge is -2.37. The van der Waals surface area contributed by atoms with Gasteiger partial charge in [-0.25, -0.2) is 4.79 Å². The molecule has 4 aromatic carbocycles. The number of benzene rings is 4. The smallest absolute Gasteiger partial charge is 0.336 e. The van der Waals surface area contributed by atoms with Crippen LogP contribution in [0.5, 0.6) is 0 Å². The number of carbonyl (C=O) groups is 2. The summed E-state index contributed by atoms with van der Waals surface area (Å²) >= 11 is 0. The molecule has 1 amide bonds. The fourth-order valence-electron chi connectivity index (χ4n) is 12.2. The van der Waals surface area contributed by atoms with E-state index in [2.05, 4.69) is 115 Å². The highest BCUT2D eigenvalue weighted by Crippen LogP contribution is 2.36. The number of carboxylic acid groups (broad SMARTS) is 1. The van der Waals surface area contributed by atoms with Crippen LogP contribution in [0.2, 0.25) is 0 Å². The zero-order valence-corrected chi connectivity index (χ0v) is 52.6. The summed E-state index contributed by atoms with van der Waals surface area (Å²) in [5, 5.41) is 12.9. The van der Waals surface area contributed by atoms with Gasteiger partial charge in [-0.3, -0.25) is 24.2 Å². The number of hydrogen-bond acceptors (Lipinski definition) is 12. The number of carbonyl (C=O) groups excluding carboxylic acids is 1. The van der Waals surface area contributed by atoms with Crippen molar-refractivity contribution in [3.05, 3.63) is 173 Å². The Hall–Kier alpha value is -6.67. The number of pyridine rings is 2. The van der Waals surface area contributed by atoms with E-state index in [9.17, 15) is 24.3 Å². The van der Waals surface area contributed by atoms with Crippen molar-refractivity contribution in [3.63, 3.8) is 0 Å². The normalized spacial score (nSPS) is 16.0. The van der Waals surface area contributed by atoms with Crippen molar-refractivity contribution in [2.24, 2.45) is 0 Å². The number of aryl methyl sites for hydroxylation is 4. The molecule has 4 aliphatic heterocycles. The topological polar surface area (TPSA) is 210 Å². The van der Waals surface area contributed by atoms with Gasteiger partial charge in [0.25, 0.3) is 17.0 Å². The van der Waals surface area contributed by atoms with Gasteiger partial charge in [0, 0.05) is 131 Å². The maximum absolute atomic E-state index is 13.7. The van der Waals surface area contributed by atoms with E-state index >= 15 is 0 Å². The van der Waals surface area contributed by atoms with Gasteiger partial charge < -0.3 is 67.3 Å². The van der Waals surface area contributed by atoms with Crippen LogP contribution in [0.25, 0.3) is 22.3 Å². The number of quaternary nitrogens is 1. The van der Waals surface area contributed by atoms with E-state index in [-0.39, 0.29) is 36.0 Å². The second-order valence-electron chi connectivity index (χ2n) is 22.9. The highest BCUT2D eigenvalue weighted by molar-refractivity contribution is 5.99. The Morgan fingerprint density at radius 3 is 1.33 bits per heavy atom. The van der Waals surface area contributed by atoms with Crippen molar-refractivity contribution >= 4 is 23.3 Å². The Kier molecular flexibility index (Phi) is 25.1. The molecule has 10 rings (SSSR count). The summed E-state index contributed by atoms with van der Waals surface area (Å²) in [5.74, 6) is -1.06. The Morgan fingerprint density at radius 1 is 0.558 bits per heavy atom. The number of rotatable bonds is 17. The molecule has 464 valence electrons. The number of aromatic carboxylic acids is 1. The van der Waals surface area contributed by atoms with Gasteiger partial charge >= 0.3 is 5.97 Å². The highest BCUT2D eigenvalue weighted by Gasteiger charge is 2.27. The fourth-order valence-corrected chi connectivity index (χ4v) is 12.2. The number of ether oxygens (including phenoxy) is 4. The molecular weight excluding hydrogens is 1110 g/mol. The number of carboxylic acids is 1. The molecule has 0 spiro atoms. The molecule has 7 N–H and O–H groups in total. The average Bonchev–Trinajstić information content (AvgIpc) is 1.52. The van der Waals surface area contributed by atoms with E-state index in [0.29, 0.717) is 35.3 Å². The number of amides is 1. The summed E-state index contributed by atoms with van der Waals surface area (Å²) in [6, 6.07) is 30.1. The number of H-pyrrole nitrogens is 2. The van der Waals surface area contributed by atoms with Crippen molar-refractivity contribution in [1.82, 2.24) is 25.1 Å². The Morgan fingerprint density at radius 2 is 0.942 bits per heavy atom. The molecule has 6 aromatic rings. The zero-order valence-electron chi connectivity index (χ0n) is 51.9. The minimum absolute atomic E-state index is 0. The van der Waals surface area contributed by atoms with Crippen molar-refractivity contribution in [3.8, 4) is 22.3 Å². The predicted octanol–water partition coefficient (Wildman–Crippen LogP) is 5.67. The molecule has 0 unspecified atom stereocenters. The van der Waals surface area contributed by atoms with Crippen molar-refractivity contribution in [1.29, 1.82) is 0 Å². The van der Waals surface area contributed by atoms with Crippen LogP contribution in [0.4, 0.5) is 11.4 Å². The molecule has 17 nitrogen and oxygen atoms in total. The monoisotopic (exact) mass is 1200 g/mol. The van der Waals surface area contributed by atoms with Crippen LogP contribution >= 0.6 is 0 Å². The molecular formula is C68H91ClN8O9. The van der Waals surface area contributed by atoms with Gasteiger partial charge in [-0.2, -0.15) is 0 Å². The Bertz CT molecular complexity index is 3310. The zero-order chi connectivity index (χ0) is 60.6. The van der Waals surface area contributed by atoms with E-state index in [1.807, 2.05) is 65.8 Å². The van der Waals surface area contributed by atoms with Crippen molar-refractivity contribution in [2.45, 2.75) is 119 Å². The molecule has 0 aliphatic carbocycles. The number of hydrogen-bond donors (Lipinski definition) is 5. The summed E-state index contributed by atoms with van der Waals surface area (Å²) in [5.41, 5.74) is 20.0. The van der Waals surface area contributed by atoms with Gasteiger partial charge in [0.2, 0.25) is 0 Å². The van der Waals surface area contributed by atoms with Gasteiger partial charge in [0.15, 0.2) is 0 Å². The van der Waals surface area contributed by atoms with Crippen LogP contribution < -0.4 is 44.4 Å². The highest BCUT2D eigenvalue weighted by atomic mass is 35.5. The van der Waals surface area contributed by atoms with Gasteiger partial charge in [-0.15, -0.1) is 0 Å². The molecule has 0 radical (unpaired) electrons. The van der Waals surface area contributed by atoms with Gasteiger partial charge in [-0.05, 0) is 173 Å². The van der Waals surface area contributed by atoms with E-state index in [4.69, 9.17) is 18.9 Å². The number of morpholine rings is 2. The molecule has 18 heteroatoms. The van der Waals surface area contributed by atoms with Crippen LogP contribution in [-0.2, 0) is 45.1 Å². The third-order valence-electron chi connectivity index (χ3n) is 17.1. The van der Waals surface area contributed by atoms with Crippen LogP contribution in [-0.4, -0.2) is 141 Å². The first kappa shape index (κ1) is 66.8. The van der Waals surface area contributed by atoms with Crippen molar-refractivity contribution in [2.75, 3.05) is 102 Å². The maximum atomic E-state index is 13.7. The van der Waals surface area contributed by atoms with E-state index in [1.165, 1.54) is 11.1 Å². The van der Waals surface area contributed by atoms with Gasteiger partial charge in [0.05, 0.1) is 37.6 Å². The van der Waals surface area contributed by atoms with E-state index in [1.54, 1.807) is 0 Å². The number of aromatic amines is 2. The van der Waals surface area contributed by atoms with E-state index < -0.39 is 5.97 Å².